The summed E-state index contributed by atoms with van der Waals surface area (Å²) in [4.78, 5) is 2.81. The first-order chi connectivity index (χ1) is 8.58. The quantitative estimate of drug-likeness (QED) is 0.768. The summed E-state index contributed by atoms with van der Waals surface area (Å²) < 4.78 is 5.20. The molecule has 0 saturated heterocycles. The van der Waals surface area contributed by atoms with Crippen LogP contribution in [0.1, 0.15) is 25.0 Å². The number of benzene rings is 1. The Morgan fingerprint density at radius 3 is 2.78 bits per heavy atom. The number of hydrogen-bond donors (Lipinski definition) is 1. The molecular weight excluding hydrogens is 244 g/mol. The zero-order chi connectivity index (χ0) is 13.5. The van der Waals surface area contributed by atoms with Gasteiger partial charge in [-0.3, -0.25) is 4.90 Å². The highest BCUT2D eigenvalue weighted by Crippen LogP contribution is 2.11. The van der Waals surface area contributed by atoms with E-state index in [1.807, 2.05) is 12.1 Å². The maximum Gasteiger partial charge on any atom is 0.103 e. The minimum Gasteiger partial charge on any atom is -0.389 e. The Hall–Kier alpha value is -0.970. The van der Waals surface area contributed by atoms with Crippen LogP contribution in [0.3, 0.4) is 0 Å². The summed E-state index contributed by atoms with van der Waals surface area (Å²) >= 11 is 5.00. The molecule has 0 heterocycles. The molecule has 0 aliphatic rings. The van der Waals surface area contributed by atoms with Gasteiger partial charge < -0.3 is 10.5 Å². The van der Waals surface area contributed by atoms with Crippen LogP contribution in [0.5, 0.6) is 0 Å². The van der Waals surface area contributed by atoms with Crippen molar-refractivity contribution < 1.29 is 4.74 Å². The van der Waals surface area contributed by atoms with Gasteiger partial charge in [-0.05, 0) is 25.1 Å². The van der Waals surface area contributed by atoms with Crippen molar-refractivity contribution in [2.24, 2.45) is 5.73 Å². The van der Waals surface area contributed by atoms with Crippen molar-refractivity contribution in [3.63, 3.8) is 0 Å². The molecule has 0 radical (unpaired) electrons. The molecule has 0 fully saturated rings. The van der Waals surface area contributed by atoms with Crippen molar-refractivity contribution in [1.29, 1.82) is 0 Å². The molecule has 3 nitrogen and oxygen atoms in total. The molecule has 2 N–H and O–H groups in total. The van der Waals surface area contributed by atoms with Gasteiger partial charge in [0.1, 0.15) is 4.99 Å². The van der Waals surface area contributed by atoms with Crippen LogP contribution in [0, 0.1) is 0 Å². The van der Waals surface area contributed by atoms with Crippen LogP contribution >= 0.6 is 12.2 Å². The largest absolute Gasteiger partial charge is 0.389 e. The van der Waals surface area contributed by atoms with Crippen LogP contribution in [0.15, 0.2) is 24.3 Å². The second kappa shape index (κ2) is 7.46. The van der Waals surface area contributed by atoms with Gasteiger partial charge in [0.05, 0.1) is 6.61 Å². The fourth-order valence-corrected chi connectivity index (χ4v) is 2.11. The van der Waals surface area contributed by atoms with Crippen molar-refractivity contribution >= 4 is 17.2 Å². The molecule has 0 aliphatic carbocycles. The first kappa shape index (κ1) is 15.1. The number of thiocarbonyl (C=S) groups is 1. The number of nitrogens with two attached hydrogens (primary N) is 1. The van der Waals surface area contributed by atoms with Crippen molar-refractivity contribution in [2.75, 3.05) is 20.3 Å². The molecule has 0 spiro atoms. The van der Waals surface area contributed by atoms with Crippen molar-refractivity contribution in [3.8, 4) is 0 Å². The third kappa shape index (κ3) is 4.37. The van der Waals surface area contributed by atoms with Gasteiger partial charge >= 0.3 is 0 Å². The Balaban J connectivity index is 2.75. The van der Waals surface area contributed by atoms with E-state index in [0.29, 0.717) is 11.0 Å². The highest BCUT2D eigenvalue weighted by Gasteiger charge is 2.12. The SMILES string of the molecule is CCN(Cc1cccc(C(N)=S)c1)C(C)COC. The zero-order valence-electron chi connectivity index (χ0n) is 11.3. The van der Waals surface area contributed by atoms with Gasteiger partial charge in [-0.2, -0.15) is 0 Å². The van der Waals surface area contributed by atoms with E-state index in [2.05, 4.69) is 30.9 Å². The summed E-state index contributed by atoms with van der Waals surface area (Å²) in [7, 11) is 1.73. The van der Waals surface area contributed by atoms with Gasteiger partial charge in [-0.15, -0.1) is 0 Å². The van der Waals surface area contributed by atoms with Gasteiger partial charge in [0, 0.05) is 25.3 Å². The second-order valence-corrected chi connectivity index (χ2v) is 4.87. The van der Waals surface area contributed by atoms with E-state index < -0.39 is 0 Å². The van der Waals surface area contributed by atoms with E-state index in [0.717, 1.165) is 25.3 Å². The van der Waals surface area contributed by atoms with E-state index in [1.54, 1.807) is 7.11 Å². The molecule has 1 aromatic rings. The summed E-state index contributed by atoms with van der Waals surface area (Å²) in [6.45, 7) is 6.94. The molecule has 0 saturated carbocycles. The summed E-state index contributed by atoms with van der Waals surface area (Å²) in [5, 5.41) is 0. The fourth-order valence-electron chi connectivity index (χ4n) is 1.98. The van der Waals surface area contributed by atoms with Gasteiger partial charge in [0.2, 0.25) is 0 Å². The lowest BCUT2D eigenvalue weighted by Gasteiger charge is -2.27. The first-order valence-electron chi connectivity index (χ1n) is 6.20. The molecule has 1 aromatic carbocycles. The minimum absolute atomic E-state index is 0.397. The Labute approximate surface area is 115 Å². The van der Waals surface area contributed by atoms with Gasteiger partial charge in [0.15, 0.2) is 0 Å². The lowest BCUT2D eigenvalue weighted by atomic mass is 10.1. The summed E-state index contributed by atoms with van der Waals surface area (Å²) in [6, 6.07) is 8.50. The highest BCUT2D eigenvalue weighted by molar-refractivity contribution is 7.80. The molecule has 1 atom stereocenters. The average Bonchev–Trinajstić information content (AvgIpc) is 2.36. The lowest BCUT2D eigenvalue weighted by molar-refractivity contribution is 0.0982. The van der Waals surface area contributed by atoms with E-state index in [4.69, 9.17) is 22.7 Å². The smallest absolute Gasteiger partial charge is 0.103 e. The maximum absolute atomic E-state index is 5.65. The number of rotatable bonds is 7. The monoisotopic (exact) mass is 266 g/mol. The molecule has 100 valence electrons. The Bertz CT molecular complexity index is 395. The third-order valence-corrected chi connectivity index (χ3v) is 3.27. The van der Waals surface area contributed by atoms with Crippen LogP contribution in [0.2, 0.25) is 0 Å². The average molecular weight is 266 g/mol. The number of likely N-dealkylation sites (N-methyl/N-ethyl adjacent to an activating group) is 1. The zero-order valence-corrected chi connectivity index (χ0v) is 12.2. The highest BCUT2D eigenvalue weighted by atomic mass is 32.1. The van der Waals surface area contributed by atoms with E-state index >= 15 is 0 Å². The van der Waals surface area contributed by atoms with E-state index in [9.17, 15) is 0 Å². The second-order valence-electron chi connectivity index (χ2n) is 4.43. The van der Waals surface area contributed by atoms with Crippen LogP contribution in [-0.2, 0) is 11.3 Å². The van der Waals surface area contributed by atoms with Crippen molar-refractivity contribution in [3.05, 3.63) is 35.4 Å². The first-order valence-corrected chi connectivity index (χ1v) is 6.61. The molecule has 0 bridgehead atoms. The predicted octanol–water partition coefficient (Wildman–Crippen LogP) is 2.18. The Morgan fingerprint density at radius 2 is 2.22 bits per heavy atom. The van der Waals surface area contributed by atoms with Gasteiger partial charge in [-0.25, -0.2) is 0 Å². The minimum atomic E-state index is 0.397. The van der Waals surface area contributed by atoms with Crippen molar-refractivity contribution in [1.82, 2.24) is 4.90 Å². The van der Waals surface area contributed by atoms with Crippen LogP contribution in [-0.4, -0.2) is 36.2 Å². The fraction of sp³-hybridized carbons (Fsp3) is 0.500. The van der Waals surface area contributed by atoms with Crippen LogP contribution in [0.25, 0.3) is 0 Å². The van der Waals surface area contributed by atoms with Gasteiger partial charge in [-0.1, -0.05) is 37.3 Å². The number of ether oxygens (including phenoxy) is 1. The summed E-state index contributed by atoms with van der Waals surface area (Å²) in [5.74, 6) is 0. The standard InChI is InChI=1S/C14H22N2OS/c1-4-16(11(2)10-17-3)9-12-6-5-7-13(8-12)14(15)18/h5-8,11H,4,9-10H2,1-3H3,(H2,15,18). The molecular formula is C14H22N2OS. The van der Waals surface area contributed by atoms with Crippen molar-refractivity contribution in [2.45, 2.75) is 26.4 Å². The Morgan fingerprint density at radius 1 is 1.50 bits per heavy atom. The molecule has 0 aliphatic heterocycles. The number of methoxy groups -OCH3 is 1. The van der Waals surface area contributed by atoms with Crippen LogP contribution in [0.4, 0.5) is 0 Å². The Kier molecular flexibility index (Phi) is 6.25. The molecule has 1 rings (SSSR count). The number of nitrogens with zero attached hydrogens (tertiary/aromatic N) is 1. The molecule has 0 amide bonds. The lowest BCUT2D eigenvalue weighted by Crippen LogP contribution is -2.35. The molecule has 18 heavy (non-hydrogen) atoms. The van der Waals surface area contributed by atoms with Gasteiger partial charge in [0.25, 0.3) is 0 Å². The van der Waals surface area contributed by atoms with E-state index in [1.165, 1.54) is 5.56 Å². The number of hydrogen-bond acceptors (Lipinski definition) is 3. The topological polar surface area (TPSA) is 38.5 Å². The van der Waals surface area contributed by atoms with E-state index in [-0.39, 0.29) is 0 Å². The predicted molar refractivity (Wildman–Crippen MR) is 79.8 cm³/mol. The molecule has 1 unspecified atom stereocenters. The molecule has 0 aromatic heterocycles. The normalized spacial score (nSPS) is 12.7. The van der Waals surface area contributed by atoms with Crippen LogP contribution < -0.4 is 5.73 Å². The molecule has 4 heteroatoms. The summed E-state index contributed by atoms with van der Waals surface area (Å²) in [5.41, 5.74) is 7.81. The summed E-state index contributed by atoms with van der Waals surface area (Å²) in [6.07, 6.45) is 0. The maximum atomic E-state index is 5.65. The third-order valence-electron chi connectivity index (χ3n) is 3.03.